The summed E-state index contributed by atoms with van der Waals surface area (Å²) in [5, 5.41) is 3.33. The summed E-state index contributed by atoms with van der Waals surface area (Å²) in [5.74, 6) is 1.89. The maximum Gasteiger partial charge on any atom is 0.189 e. The Labute approximate surface area is 169 Å². The summed E-state index contributed by atoms with van der Waals surface area (Å²) in [5.41, 5.74) is 3.77. The van der Waals surface area contributed by atoms with Crippen molar-refractivity contribution in [3.8, 4) is 0 Å². The molecule has 4 heteroatoms. The van der Waals surface area contributed by atoms with E-state index in [4.69, 9.17) is 4.74 Å². The van der Waals surface area contributed by atoms with Crippen LogP contribution in [0.4, 0.5) is 0 Å². The van der Waals surface area contributed by atoms with Crippen LogP contribution >= 0.6 is 0 Å². The number of allylic oxidation sites excluding steroid dienone is 1. The van der Waals surface area contributed by atoms with Crippen LogP contribution in [0.5, 0.6) is 0 Å². The number of carbonyl (C=O) groups is 1. The molecule has 1 atom stereocenters. The third kappa shape index (κ3) is 4.12. The van der Waals surface area contributed by atoms with Gasteiger partial charge in [-0.3, -0.25) is 4.79 Å². The zero-order valence-corrected chi connectivity index (χ0v) is 17.6. The molecule has 1 aromatic carbocycles. The molecule has 1 heterocycles. The molecule has 0 radical (unpaired) electrons. The predicted molar refractivity (Wildman–Crippen MR) is 112 cm³/mol. The van der Waals surface area contributed by atoms with Crippen molar-refractivity contribution in [2.75, 3.05) is 13.6 Å². The molecule has 3 aliphatic rings. The number of Topliss-reactive ketones (excluding diaryl/α,β-unsaturated/α-hetero) is 1. The minimum absolute atomic E-state index is 0.177. The van der Waals surface area contributed by atoms with Crippen molar-refractivity contribution in [1.29, 1.82) is 0 Å². The first-order chi connectivity index (χ1) is 13.5. The van der Waals surface area contributed by atoms with Crippen molar-refractivity contribution in [3.63, 3.8) is 0 Å². The topological polar surface area (TPSA) is 41.6 Å². The Morgan fingerprint density at radius 3 is 2.39 bits per heavy atom. The lowest BCUT2D eigenvalue weighted by Crippen LogP contribution is -2.51. The fraction of sp³-hybridized carbons (Fsp3) is 0.625. The van der Waals surface area contributed by atoms with Gasteiger partial charge >= 0.3 is 0 Å². The van der Waals surface area contributed by atoms with Gasteiger partial charge in [-0.15, -0.1) is 0 Å². The number of nitrogens with zero attached hydrogens (tertiary/aromatic N) is 1. The number of benzene rings is 1. The van der Waals surface area contributed by atoms with Crippen molar-refractivity contribution in [1.82, 2.24) is 10.2 Å². The second-order valence-electron chi connectivity index (χ2n) is 9.33. The number of rotatable bonds is 6. The molecular formula is C24H34N2O2. The average Bonchev–Trinajstić information content (AvgIpc) is 3.49. The summed E-state index contributed by atoms with van der Waals surface area (Å²) in [6.07, 6.45) is 8.94. The molecule has 1 saturated heterocycles. The van der Waals surface area contributed by atoms with E-state index in [2.05, 4.69) is 48.3 Å². The second kappa shape index (κ2) is 7.90. The van der Waals surface area contributed by atoms with Gasteiger partial charge in [0.15, 0.2) is 11.7 Å². The van der Waals surface area contributed by atoms with Gasteiger partial charge in [0.25, 0.3) is 0 Å². The molecular weight excluding hydrogens is 348 g/mol. The Hall–Kier alpha value is -1.81. The Bertz CT molecular complexity index is 738. The largest absolute Gasteiger partial charge is 0.474 e. The molecule has 0 unspecified atom stereocenters. The van der Waals surface area contributed by atoms with Crippen LogP contribution in [0.2, 0.25) is 0 Å². The summed E-state index contributed by atoms with van der Waals surface area (Å²) in [6, 6.07) is 8.83. The number of nitrogens with one attached hydrogen (secondary N) is 1. The minimum atomic E-state index is -0.239. The summed E-state index contributed by atoms with van der Waals surface area (Å²) in [7, 11) is 2.00. The molecule has 4 nitrogen and oxygen atoms in total. The lowest BCUT2D eigenvalue weighted by Gasteiger charge is -2.35. The van der Waals surface area contributed by atoms with Crippen LogP contribution in [-0.2, 0) is 16.1 Å². The van der Waals surface area contributed by atoms with E-state index >= 15 is 0 Å². The normalized spacial score (nSPS) is 24.3. The third-order valence-corrected chi connectivity index (χ3v) is 6.65. The molecule has 0 spiro atoms. The van der Waals surface area contributed by atoms with Gasteiger partial charge in [-0.25, -0.2) is 0 Å². The van der Waals surface area contributed by atoms with E-state index in [0.717, 1.165) is 24.6 Å². The SMILES string of the molecule is CN(C(OCc1ccc(C2CCCCC2)cc1)=C1CC1)[C@@H]1C(=O)CNC1(C)C. The summed E-state index contributed by atoms with van der Waals surface area (Å²) >= 11 is 0. The molecule has 2 saturated carbocycles. The van der Waals surface area contributed by atoms with Crippen molar-refractivity contribution in [2.24, 2.45) is 0 Å². The van der Waals surface area contributed by atoms with Gasteiger partial charge in [0.1, 0.15) is 12.6 Å². The molecule has 2 aliphatic carbocycles. The Morgan fingerprint density at radius 1 is 1.14 bits per heavy atom. The first kappa shape index (κ1) is 19.5. The molecule has 28 heavy (non-hydrogen) atoms. The van der Waals surface area contributed by atoms with Crippen molar-refractivity contribution in [3.05, 3.63) is 46.8 Å². The van der Waals surface area contributed by atoms with Gasteiger partial charge in [-0.2, -0.15) is 0 Å². The smallest absolute Gasteiger partial charge is 0.189 e. The number of carbonyl (C=O) groups excluding carboxylic acids is 1. The van der Waals surface area contributed by atoms with Crippen LogP contribution in [0.15, 0.2) is 35.7 Å². The van der Waals surface area contributed by atoms with E-state index in [-0.39, 0.29) is 17.4 Å². The van der Waals surface area contributed by atoms with E-state index in [1.807, 2.05) is 7.05 Å². The minimum Gasteiger partial charge on any atom is -0.474 e. The second-order valence-corrected chi connectivity index (χ2v) is 9.33. The molecule has 1 aromatic rings. The molecule has 3 fully saturated rings. The van der Waals surface area contributed by atoms with Gasteiger partial charge in [0.05, 0.1) is 6.54 Å². The Morgan fingerprint density at radius 2 is 1.82 bits per heavy atom. The predicted octanol–water partition coefficient (Wildman–Crippen LogP) is 4.51. The highest BCUT2D eigenvalue weighted by molar-refractivity contribution is 5.90. The first-order valence-electron chi connectivity index (χ1n) is 10.9. The lowest BCUT2D eigenvalue weighted by atomic mass is 9.84. The van der Waals surface area contributed by atoms with E-state index < -0.39 is 0 Å². The molecule has 1 aliphatic heterocycles. The monoisotopic (exact) mass is 382 g/mol. The molecule has 0 bridgehead atoms. The number of hydrogen-bond donors (Lipinski definition) is 1. The number of ketones is 1. The number of ether oxygens (including phenoxy) is 1. The van der Waals surface area contributed by atoms with E-state index in [1.165, 1.54) is 48.8 Å². The van der Waals surface area contributed by atoms with E-state index in [0.29, 0.717) is 13.2 Å². The number of hydrogen-bond acceptors (Lipinski definition) is 4. The van der Waals surface area contributed by atoms with Crippen LogP contribution in [-0.4, -0.2) is 35.9 Å². The Balaban J connectivity index is 1.41. The van der Waals surface area contributed by atoms with Gasteiger partial charge in [0.2, 0.25) is 0 Å². The van der Waals surface area contributed by atoms with Crippen molar-refractivity contribution >= 4 is 5.78 Å². The Kier molecular flexibility index (Phi) is 5.50. The van der Waals surface area contributed by atoms with E-state index in [9.17, 15) is 4.79 Å². The highest BCUT2D eigenvalue weighted by Crippen LogP contribution is 2.37. The van der Waals surface area contributed by atoms with Crippen molar-refractivity contribution < 1.29 is 9.53 Å². The van der Waals surface area contributed by atoms with Gasteiger partial charge in [-0.1, -0.05) is 43.5 Å². The van der Waals surface area contributed by atoms with Gasteiger partial charge in [0, 0.05) is 12.6 Å². The van der Waals surface area contributed by atoms with Crippen molar-refractivity contribution in [2.45, 2.75) is 82.9 Å². The molecule has 0 aromatic heterocycles. The maximum atomic E-state index is 12.5. The fourth-order valence-corrected chi connectivity index (χ4v) is 4.93. The summed E-state index contributed by atoms with van der Waals surface area (Å²) in [4.78, 5) is 14.5. The van der Waals surface area contributed by atoms with Crippen LogP contribution in [0.3, 0.4) is 0 Å². The molecule has 0 amide bonds. The van der Waals surface area contributed by atoms with E-state index in [1.54, 1.807) is 0 Å². The summed E-state index contributed by atoms with van der Waals surface area (Å²) in [6.45, 7) is 5.19. The van der Waals surface area contributed by atoms with Gasteiger partial charge < -0.3 is 15.0 Å². The van der Waals surface area contributed by atoms with Crippen LogP contribution in [0.1, 0.15) is 75.8 Å². The van der Waals surface area contributed by atoms with Crippen LogP contribution < -0.4 is 5.32 Å². The average molecular weight is 383 g/mol. The number of likely N-dealkylation sites (N-methyl/N-ethyl adjacent to an activating group) is 1. The third-order valence-electron chi connectivity index (χ3n) is 6.65. The van der Waals surface area contributed by atoms with Gasteiger partial charge in [-0.05, 0) is 62.1 Å². The molecule has 152 valence electrons. The highest BCUT2D eigenvalue weighted by Gasteiger charge is 2.45. The molecule has 4 rings (SSSR count). The summed E-state index contributed by atoms with van der Waals surface area (Å²) < 4.78 is 6.28. The zero-order chi connectivity index (χ0) is 19.7. The first-order valence-corrected chi connectivity index (χ1v) is 10.9. The standard InChI is InChI=1S/C24H34N2O2/c1-24(2)22(21(27)15-25-24)26(3)23(20-13-14-20)28-16-17-9-11-19(12-10-17)18-7-5-4-6-8-18/h9-12,18,22,25H,4-8,13-16H2,1-3H3/t22-/m1/s1. The maximum absolute atomic E-state index is 12.5. The fourth-order valence-electron chi connectivity index (χ4n) is 4.93. The van der Waals surface area contributed by atoms with Crippen LogP contribution in [0, 0.1) is 0 Å². The highest BCUT2D eigenvalue weighted by atomic mass is 16.5. The zero-order valence-electron chi connectivity index (χ0n) is 17.6. The van der Waals surface area contributed by atoms with Crippen LogP contribution in [0.25, 0.3) is 0 Å². The molecule has 1 N–H and O–H groups in total. The quantitative estimate of drug-likeness (QED) is 0.735. The lowest BCUT2D eigenvalue weighted by molar-refractivity contribution is -0.121.